The first-order valence-corrected chi connectivity index (χ1v) is 11.2. The van der Waals surface area contributed by atoms with Crippen molar-refractivity contribution < 1.29 is 13.2 Å². The number of carbonyl (C=O) groups excluding carboxylic acids is 1. The van der Waals surface area contributed by atoms with Crippen LogP contribution in [0.25, 0.3) is 0 Å². The molecule has 1 aliphatic carbocycles. The Bertz CT molecular complexity index is 926. The smallest absolute Gasteiger partial charge is 0.255 e. The summed E-state index contributed by atoms with van der Waals surface area (Å²) in [6.45, 7) is 3.89. The highest BCUT2D eigenvalue weighted by molar-refractivity contribution is 7.89. The van der Waals surface area contributed by atoms with E-state index in [2.05, 4.69) is 5.32 Å². The van der Waals surface area contributed by atoms with E-state index < -0.39 is 10.0 Å². The van der Waals surface area contributed by atoms with Gasteiger partial charge in [-0.15, -0.1) is 0 Å². The molecule has 1 fully saturated rings. The Hall–Kier alpha value is -2.18. The lowest BCUT2D eigenvalue weighted by atomic mass is 9.96. The number of nitrogens with one attached hydrogen (secondary N) is 1. The van der Waals surface area contributed by atoms with Crippen LogP contribution in [0.4, 0.5) is 5.69 Å². The van der Waals surface area contributed by atoms with Gasteiger partial charge in [-0.3, -0.25) is 4.79 Å². The molecule has 1 amide bonds. The van der Waals surface area contributed by atoms with Gasteiger partial charge in [-0.25, -0.2) is 8.42 Å². The number of rotatable bonds is 5. The number of benzene rings is 2. The second-order valence-corrected chi connectivity index (χ2v) is 9.56. The number of hydrogen-bond acceptors (Lipinski definition) is 3. The molecule has 0 radical (unpaired) electrons. The molecular weight excluding hydrogens is 372 g/mol. The van der Waals surface area contributed by atoms with E-state index in [9.17, 15) is 13.2 Å². The molecule has 0 saturated heterocycles. The second-order valence-electron chi connectivity index (χ2n) is 7.56. The molecule has 3 rings (SSSR count). The SMILES string of the molecule is Cc1cccc(C)c1NC(=O)c1ccc(S(=O)(=O)N(C)C2CCCCC2)cc1. The number of para-hydroxylation sites is 1. The lowest BCUT2D eigenvalue weighted by Gasteiger charge is -2.30. The zero-order valence-corrected chi connectivity index (χ0v) is 17.6. The van der Waals surface area contributed by atoms with Crippen molar-refractivity contribution in [1.29, 1.82) is 0 Å². The lowest BCUT2D eigenvalue weighted by Crippen LogP contribution is -2.38. The first-order valence-electron chi connectivity index (χ1n) is 9.76. The quantitative estimate of drug-likeness (QED) is 0.803. The second kappa shape index (κ2) is 8.45. The monoisotopic (exact) mass is 400 g/mol. The molecule has 2 aromatic carbocycles. The van der Waals surface area contributed by atoms with E-state index in [1.165, 1.54) is 22.9 Å². The molecule has 1 N–H and O–H groups in total. The molecule has 2 aromatic rings. The zero-order chi connectivity index (χ0) is 20.3. The molecule has 0 spiro atoms. The molecule has 0 atom stereocenters. The van der Waals surface area contributed by atoms with Crippen LogP contribution >= 0.6 is 0 Å². The van der Waals surface area contributed by atoms with Crippen LogP contribution in [0.3, 0.4) is 0 Å². The molecule has 6 heteroatoms. The summed E-state index contributed by atoms with van der Waals surface area (Å²) in [6, 6.07) is 12.1. The molecule has 0 aromatic heterocycles. The average Bonchev–Trinajstić information content (AvgIpc) is 2.71. The molecule has 0 bridgehead atoms. The number of nitrogens with zero attached hydrogens (tertiary/aromatic N) is 1. The van der Waals surface area contributed by atoms with Crippen molar-refractivity contribution in [2.75, 3.05) is 12.4 Å². The third-order valence-corrected chi connectivity index (χ3v) is 7.53. The van der Waals surface area contributed by atoms with E-state index in [0.717, 1.165) is 42.5 Å². The maximum absolute atomic E-state index is 12.9. The first-order chi connectivity index (χ1) is 13.3. The van der Waals surface area contributed by atoms with Gasteiger partial charge in [0.25, 0.3) is 5.91 Å². The maximum atomic E-state index is 12.9. The van der Waals surface area contributed by atoms with Crippen LogP contribution in [0.5, 0.6) is 0 Å². The summed E-state index contributed by atoms with van der Waals surface area (Å²) in [4.78, 5) is 12.8. The van der Waals surface area contributed by atoms with Crippen molar-refractivity contribution in [2.45, 2.75) is 56.9 Å². The fraction of sp³-hybridized carbons (Fsp3) is 0.409. The summed E-state index contributed by atoms with van der Waals surface area (Å²) in [5, 5.41) is 2.93. The topological polar surface area (TPSA) is 66.5 Å². The van der Waals surface area contributed by atoms with Crippen molar-refractivity contribution in [2.24, 2.45) is 0 Å². The Morgan fingerprint density at radius 3 is 2.11 bits per heavy atom. The number of carbonyl (C=O) groups is 1. The molecular formula is C22H28N2O3S. The summed E-state index contributed by atoms with van der Waals surface area (Å²) in [5.74, 6) is -0.248. The summed E-state index contributed by atoms with van der Waals surface area (Å²) in [5.41, 5.74) is 3.20. The fourth-order valence-corrected chi connectivity index (χ4v) is 5.20. The van der Waals surface area contributed by atoms with Gasteiger partial charge in [0.15, 0.2) is 0 Å². The molecule has 5 nitrogen and oxygen atoms in total. The minimum Gasteiger partial charge on any atom is -0.322 e. The Morgan fingerprint density at radius 1 is 0.964 bits per heavy atom. The van der Waals surface area contributed by atoms with Crippen LogP contribution < -0.4 is 5.32 Å². The number of amides is 1. The van der Waals surface area contributed by atoms with Gasteiger partial charge in [-0.1, -0.05) is 37.5 Å². The molecule has 0 unspecified atom stereocenters. The van der Waals surface area contributed by atoms with Gasteiger partial charge in [0.1, 0.15) is 0 Å². The van der Waals surface area contributed by atoms with Gasteiger partial charge in [0, 0.05) is 24.3 Å². The summed E-state index contributed by atoms with van der Waals surface area (Å²) in [7, 11) is -1.89. The minimum absolute atomic E-state index is 0.0609. The maximum Gasteiger partial charge on any atom is 0.255 e. The lowest BCUT2D eigenvalue weighted by molar-refractivity contribution is 0.102. The largest absolute Gasteiger partial charge is 0.322 e. The van der Waals surface area contributed by atoms with Crippen LogP contribution in [-0.4, -0.2) is 31.7 Å². The Morgan fingerprint density at radius 2 is 1.54 bits per heavy atom. The minimum atomic E-state index is -3.55. The Labute approximate surface area is 167 Å². The molecule has 28 heavy (non-hydrogen) atoms. The zero-order valence-electron chi connectivity index (χ0n) is 16.7. The van der Waals surface area contributed by atoms with E-state index in [4.69, 9.17) is 0 Å². The first kappa shape index (κ1) is 20.6. The van der Waals surface area contributed by atoms with Crippen LogP contribution in [-0.2, 0) is 10.0 Å². The molecule has 0 aliphatic heterocycles. The van der Waals surface area contributed by atoms with Crippen LogP contribution in [0.1, 0.15) is 53.6 Å². The van der Waals surface area contributed by atoms with Gasteiger partial charge in [-0.2, -0.15) is 4.31 Å². The van der Waals surface area contributed by atoms with E-state index in [1.54, 1.807) is 19.2 Å². The van der Waals surface area contributed by atoms with Crippen molar-refractivity contribution in [3.05, 3.63) is 59.2 Å². The number of anilines is 1. The Kier molecular flexibility index (Phi) is 6.20. The molecule has 1 aliphatic rings. The predicted octanol–water partition coefficient (Wildman–Crippen LogP) is 4.51. The van der Waals surface area contributed by atoms with E-state index in [1.807, 2.05) is 32.0 Å². The summed E-state index contributed by atoms with van der Waals surface area (Å²) in [6.07, 6.45) is 5.14. The van der Waals surface area contributed by atoms with Crippen LogP contribution in [0.15, 0.2) is 47.4 Å². The van der Waals surface area contributed by atoms with E-state index in [-0.39, 0.29) is 16.8 Å². The van der Waals surface area contributed by atoms with Crippen LogP contribution in [0, 0.1) is 13.8 Å². The van der Waals surface area contributed by atoms with Gasteiger partial charge in [0.05, 0.1) is 4.90 Å². The number of sulfonamides is 1. The van der Waals surface area contributed by atoms with Gasteiger partial charge < -0.3 is 5.32 Å². The summed E-state index contributed by atoms with van der Waals surface area (Å²) >= 11 is 0. The van der Waals surface area contributed by atoms with Crippen molar-refractivity contribution in [3.63, 3.8) is 0 Å². The van der Waals surface area contributed by atoms with Crippen LogP contribution in [0.2, 0.25) is 0 Å². The number of hydrogen-bond donors (Lipinski definition) is 1. The molecule has 150 valence electrons. The van der Waals surface area contributed by atoms with E-state index in [0.29, 0.717) is 5.56 Å². The third-order valence-electron chi connectivity index (χ3n) is 5.60. The standard InChI is InChI=1S/C22H28N2O3S/c1-16-8-7-9-17(2)21(16)23-22(25)18-12-14-20(15-13-18)28(26,27)24(3)19-10-5-4-6-11-19/h7-9,12-15,19H,4-6,10-11H2,1-3H3,(H,23,25). The number of aryl methyl sites for hydroxylation is 2. The average molecular weight is 401 g/mol. The molecule has 1 saturated carbocycles. The highest BCUT2D eigenvalue weighted by Gasteiger charge is 2.29. The van der Waals surface area contributed by atoms with E-state index >= 15 is 0 Å². The van der Waals surface area contributed by atoms with Gasteiger partial charge in [-0.05, 0) is 62.1 Å². The predicted molar refractivity (Wildman–Crippen MR) is 112 cm³/mol. The third kappa shape index (κ3) is 4.28. The van der Waals surface area contributed by atoms with Crippen molar-refractivity contribution >= 4 is 21.6 Å². The highest BCUT2D eigenvalue weighted by Crippen LogP contribution is 2.27. The molecule has 0 heterocycles. The van der Waals surface area contributed by atoms with Crippen molar-refractivity contribution in [3.8, 4) is 0 Å². The fourth-order valence-electron chi connectivity index (χ4n) is 3.78. The van der Waals surface area contributed by atoms with Crippen molar-refractivity contribution in [1.82, 2.24) is 4.31 Å². The normalized spacial score (nSPS) is 15.6. The summed E-state index contributed by atoms with van der Waals surface area (Å²) < 4.78 is 27.3. The highest BCUT2D eigenvalue weighted by atomic mass is 32.2. The van der Waals surface area contributed by atoms with Gasteiger partial charge >= 0.3 is 0 Å². The Balaban J connectivity index is 1.76. The van der Waals surface area contributed by atoms with Gasteiger partial charge in [0.2, 0.25) is 10.0 Å².